The minimum atomic E-state index is 0.358. The van der Waals surface area contributed by atoms with E-state index < -0.39 is 0 Å². The smallest absolute Gasteiger partial charge is 0.104 e. The van der Waals surface area contributed by atoms with E-state index in [0.717, 1.165) is 13.2 Å². The van der Waals surface area contributed by atoms with Crippen LogP contribution in [-0.2, 0) is 18.9 Å². The molecular formula is C16H24O4. The molecule has 2 atom stereocenters. The zero-order valence-corrected chi connectivity index (χ0v) is 12.3. The van der Waals surface area contributed by atoms with E-state index in [4.69, 9.17) is 18.9 Å². The topological polar surface area (TPSA) is 43.5 Å². The van der Waals surface area contributed by atoms with Crippen molar-refractivity contribution in [1.82, 2.24) is 0 Å². The van der Waals surface area contributed by atoms with Gasteiger partial charge in [0.2, 0.25) is 0 Å². The van der Waals surface area contributed by atoms with E-state index in [9.17, 15) is 0 Å². The van der Waals surface area contributed by atoms with Crippen LogP contribution >= 0.6 is 0 Å². The lowest BCUT2D eigenvalue weighted by Gasteiger charge is -2.02. The predicted octanol–water partition coefficient (Wildman–Crippen LogP) is 2.12. The molecule has 0 aliphatic carbocycles. The van der Waals surface area contributed by atoms with E-state index in [0.29, 0.717) is 38.6 Å². The number of hydrogen-bond acceptors (Lipinski definition) is 4. The summed E-state index contributed by atoms with van der Waals surface area (Å²) in [5.74, 6) is 0. The van der Waals surface area contributed by atoms with Crippen molar-refractivity contribution in [2.24, 2.45) is 0 Å². The zero-order valence-electron chi connectivity index (χ0n) is 12.3. The van der Waals surface area contributed by atoms with Crippen molar-refractivity contribution >= 4 is 0 Å². The second kappa shape index (κ2) is 8.37. The Morgan fingerprint density at radius 1 is 0.950 bits per heavy atom. The quantitative estimate of drug-likeness (QED) is 0.567. The Bertz CT molecular complexity index is 353. The predicted molar refractivity (Wildman–Crippen MR) is 77.0 cm³/mol. The van der Waals surface area contributed by atoms with Crippen molar-refractivity contribution in [1.29, 1.82) is 0 Å². The summed E-state index contributed by atoms with van der Waals surface area (Å²) in [6, 6.07) is 8.45. The molecule has 2 aliphatic rings. The van der Waals surface area contributed by atoms with Gasteiger partial charge in [-0.25, -0.2) is 0 Å². The lowest BCUT2D eigenvalue weighted by atomic mass is 10.2. The summed E-state index contributed by atoms with van der Waals surface area (Å²) >= 11 is 0. The molecule has 3 rings (SSSR count). The van der Waals surface area contributed by atoms with Crippen molar-refractivity contribution in [2.75, 3.05) is 39.6 Å². The first-order valence-electron chi connectivity index (χ1n) is 7.16. The van der Waals surface area contributed by atoms with Crippen LogP contribution in [0.5, 0.6) is 0 Å². The van der Waals surface area contributed by atoms with Gasteiger partial charge < -0.3 is 18.9 Å². The van der Waals surface area contributed by atoms with Gasteiger partial charge in [0, 0.05) is 0 Å². The molecule has 0 N–H and O–H groups in total. The van der Waals surface area contributed by atoms with Gasteiger partial charge in [-0.15, -0.1) is 0 Å². The summed E-state index contributed by atoms with van der Waals surface area (Å²) in [5.41, 5.74) is 2.68. The minimum Gasteiger partial charge on any atom is -0.376 e. The Morgan fingerprint density at radius 3 is 1.70 bits per heavy atom. The van der Waals surface area contributed by atoms with Gasteiger partial charge in [-0.1, -0.05) is 35.4 Å². The second-order valence-electron chi connectivity index (χ2n) is 5.22. The van der Waals surface area contributed by atoms with E-state index >= 15 is 0 Å². The number of hydrogen-bond donors (Lipinski definition) is 0. The molecule has 0 radical (unpaired) electrons. The van der Waals surface area contributed by atoms with Crippen molar-refractivity contribution in [3.63, 3.8) is 0 Å². The van der Waals surface area contributed by atoms with Crippen molar-refractivity contribution in [3.8, 4) is 0 Å². The van der Waals surface area contributed by atoms with Crippen LogP contribution in [0.3, 0.4) is 0 Å². The van der Waals surface area contributed by atoms with E-state index in [2.05, 4.69) is 38.1 Å². The Balaban J connectivity index is 0.000000160. The van der Waals surface area contributed by atoms with Gasteiger partial charge in [-0.05, 0) is 13.8 Å². The Morgan fingerprint density at radius 2 is 1.40 bits per heavy atom. The van der Waals surface area contributed by atoms with E-state index in [1.807, 2.05) is 0 Å². The molecule has 0 aromatic heterocycles. The normalized spacial score (nSPS) is 22.9. The second-order valence-corrected chi connectivity index (χ2v) is 5.22. The van der Waals surface area contributed by atoms with E-state index in [-0.39, 0.29) is 0 Å². The molecule has 1 aromatic rings. The Hall–Kier alpha value is -0.940. The third kappa shape index (κ3) is 7.60. The van der Waals surface area contributed by atoms with Gasteiger partial charge in [0.15, 0.2) is 0 Å². The highest BCUT2D eigenvalue weighted by atomic mass is 16.6. The number of rotatable bonds is 7. The Labute approximate surface area is 121 Å². The number of ether oxygens (including phenoxy) is 4. The SMILES string of the molecule is C(COCC1CO1)OCC1CO1.Cc1cccc(C)c1. The van der Waals surface area contributed by atoms with Gasteiger partial charge in [-0.2, -0.15) is 0 Å². The standard InChI is InChI=1S/C8H14O4.C8H10/c1(9-3-7-5-11-7)2-10-4-8-6-12-8;1-7-4-3-5-8(2)6-7/h7-8H,1-6H2;3-6H,1-2H3. The summed E-state index contributed by atoms with van der Waals surface area (Å²) in [7, 11) is 0. The van der Waals surface area contributed by atoms with Crippen LogP contribution in [0.4, 0.5) is 0 Å². The monoisotopic (exact) mass is 280 g/mol. The highest BCUT2D eigenvalue weighted by Gasteiger charge is 2.23. The summed E-state index contributed by atoms with van der Waals surface area (Å²) in [6.07, 6.45) is 0.716. The van der Waals surface area contributed by atoms with Crippen LogP contribution < -0.4 is 0 Å². The molecule has 4 heteroatoms. The molecule has 4 nitrogen and oxygen atoms in total. The largest absolute Gasteiger partial charge is 0.376 e. The van der Waals surface area contributed by atoms with Crippen molar-refractivity contribution in [3.05, 3.63) is 35.4 Å². The zero-order chi connectivity index (χ0) is 14.2. The highest BCUT2D eigenvalue weighted by Crippen LogP contribution is 2.09. The van der Waals surface area contributed by atoms with Crippen molar-refractivity contribution < 1.29 is 18.9 Å². The summed E-state index contributed by atoms with van der Waals surface area (Å²) in [4.78, 5) is 0. The summed E-state index contributed by atoms with van der Waals surface area (Å²) in [5, 5.41) is 0. The van der Waals surface area contributed by atoms with Crippen LogP contribution in [-0.4, -0.2) is 51.8 Å². The maximum absolute atomic E-state index is 5.27. The van der Waals surface area contributed by atoms with Gasteiger partial charge in [0.05, 0.1) is 39.6 Å². The molecule has 2 unspecified atom stereocenters. The summed E-state index contributed by atoms with van der Waals surface area (Å²) < 4.78 is 20.5. The molecule has 20 heavy (non-hydrogen) atoms. The lowest BCUT2D eigenvalue weighted by molar-refractivity contribution is 0.0366. The molecule has 2 fully saturated rings. The number of epoxide rings is 2. The maximum atomic E-state index is 5.27. The summed E-state index contributed by atoms with van der Waals surface area (Å²) in [6.45, 7) is 8.67. The lowest BCUT2D eigenvalue weighted by Crippen LogP contribution is -2.10. The molecule has 2 aliphatic heterocycles. The fourth-order valence-corrected chi connectivity index (χ4v) is 1.68. The fraction of sp³-hybridized carbons (Fsp3) is 0.625. The Kier molecular flexibility index (Phi) is 6.47. The first-order valence-corrected chi connectivity index (χ1v) is 7.16. The molecule has 1 aromatic carbocycles. The van der Waals surface area contributed by atoms with E-state index in [1.54, 1.807) is 0 Å². The average Bonchev–Trinajstić information content (AvgIpc) is 3.28. The molecule has 0 spiro atoms. The number of benzene rings is 1. The van der Waals surface area contributed by atoms with Crippen LogP contribution in [0.1, 0.15) is 11.1 Å². The van der Waals surface area contributed by atoms with Crippen LogP contribution in [0.25, 0.3) is 0 Å². The van der Waals surface area contributed by atoms with E-state index in [1.165, 1.54) is 11.1 Å². The minimum absolute atomic E-state index is 0.358. The first-order chi connectivity index (χ1) is 9.74. The molecule has 0 saturated carbocycles. The molecular weight excluding hydrogens is 256 g/mol. The molecule has 2 saturated heterocycles. The van der Waals surface area contributed by atoms with Crippen LogP contribution in [0, 0.1) is 13.8 Å². The number of aryl methyl sites for hydroxylation is 2. The highest BCUT2D eigenvalue weighted by molar-refractivity contribution is 5.20. The third-order valence-corrected chi connectivity index (χ3v) is 2.96. The van der Waals surface area contributed by atoms with Gasteiger partial charge >= 0.3 is 0 Å². The molecule has 0 bridgehead atoms. The average molecular weight is 280 g/mol. The molecule has 112 valence electrons. The van der Waals surface area contributed by atoms with Crippen LogP contribution in [0.2, 0.25) is 0 Å². The molecule has 2 heterocycles. The third-order valence-electron chi connectivity index (χ3n) is 2.96. The first kappa shape index (κ1) is 15.4. The van der Waals surface area contributed by atoms with Gasteiger partial charge in [-0.3, -0.25) is 0 Å². The fourth-order valence-electron chi connectivity index (χ4n) is 1.68. The maximum Gasteiger partial charge on any atom is 0.104 e. The molecule has 0 amide bonds. The van der Waals surface area contributed by atoms with Gasteiger partial charge in [0.25, 0.3) is 0 Å². The van der Waals surface area contributed by atoms with Crippen LogP contribution in [0.15, 0.2) is 24.3 Å². The van der Waals surface area contributed by atoms with Crippen molar-refractivity contribution in [2.45, 2.75) is 26.1 Å². The van der Waals surface area contributed by atoms with Gasteiger partial charge in [0.1, 0.15) is 12.2 Å².